The van der Waals surface area contributed by atoms with E-state index in [1.54, 1.807) is 7.11 Å². The Hall–Kier alpha value is 0.790. The molecule has 3 heteroatoms. The zero-order valence-corrected chi connectivity index (χ0v) is 9.00. The average Bonchev–Trinajstić information content (AvgIpc) is 1.98. The highest BCUT2D eigenvalue weighted by atomic mass is 79.9. The van der Waals surface area contributed by atoms with Crippen LogP contribution in [0.2, 0.25) is 0 Å². The van der Waals surface area contributed by atoms with Gasteiger partial charge in [0.1, 0.15) is 0 Å². The average molecular weight is 227 g/mol. The van der Waals surface area contributed by atoms with Crippen LogP contribution in [0.5, 0.6) is 0 Å². The van der Waals surface area contributed by atoms with E-state index in [2.05, 4.69) is 22.9 Å². The van der Waals surface area contributed by atoms with Gasteiger partial charge in [-0.3, -0.25) is 0 Å². The summed E-state index contributed by atoms with van der Waals surface area (Å²) in [4.78, 5) is 0. The van der Waals surface area contributed by atoms with Gasteiger partial charge in [-0.25, -0.2) is 0 Å². The molecule has 0 bridgehead atoms. The van der Waals surface area contributed by atoms with E-state index in [9.17, 15) is 0 Å². The van der Waals surface area contributed by atoms with Crippen molar-refractivity contribution in [2.45, 2.75) is 6.92 Å². The number of halogens is 1. The van der Waals surface area contributed by atoms with Gasteiger partial charge in [0.15, 0.2) is 0 Å². The molecule has 0 rings (SSSR count). The number of ether oxygens (including phenoxy) is 1. The first-order valence-corrected chi connectivity index (χ1v) is 5.71. The van der Waals surface area contributed by atoms with Gasteiger partial charge in [-0.05, 0) is 11.7 Å². The van der Waals surface area contributed by atoms with Crippen molar-refractivity contribution in [2.75, 3.05) is 30.6 Å². The third-order valence-electron chi connectivity index (χ3n) is 1.10. The molecule has 1 unspecified atom stereocenters. The lowest BCUT2D eigenvalue weighted by Gasteiger charge is -2.05. The van der Waals surface area contributed by atoms with Gasteiger partial charge in [0.05, 0.1) is 6.61 Å². The molecule has 0 fully saturated rings. The van der Waals surface area contributed by atoms with E-state index in [4.69, 9.17) is 4.74 Å². The van der Waals surface area contributed by atoms with Crippen molar-refractivity contribution in [1.29, 1.82) is 0 Å². The van der Waals surface area contributed by atoms with E-state index in [1.165, 1.54) is 5.75 Å². The Labute approximate surface area is 76.0 Å². The fourth-order valence-electron chi connectivity index (χ4n) is 0.471. The Balaban J connectivity index is 2.89. The lowest BCUT2D eigenvalue weighted by atomic mass is 10.3. The van der Waals surface area contributed by atoms with Gasteiger partial charge in [0.25, 0.3) is 0 Å². The molecule has 0 radical (unpaired) electrons. The normalized spacial score (nSPS) is 13.5. The van der Waals surface area contributed by atoms with Crippen LogP contribution in [0.15, 0.2) is 0 Å². The zero-order chi connectivity index (χ0) is 7.82. The summed E-state index contributed by atoms with van der Waals surface area (Å²) < 4.78 is 4.92. The smallest absolute Gasteiger partial charge is 0.0552 e. The van der Waals surface area contributed by atoms with Crippen molar-refractivity contribution < 1.29 is 4.74 Å². The topological polar surface area (TPSA) is 9.23 Å². The van der Waals surface area contributed by atoms with Crippen molar-refractivity contribution in [1.82, 2.24) is 0 Å². The molecule has 0 heterocycles. The first-order chi connectivity index (χ1) is 4.81. The molecule has 0 spiro atoms. The Kier molecular flexibility index (Phi) is 8.52. The van der Waals surface area contributed by atoms with Crippen molar-refractivity contribution in [3.05, 3.63) is 0 Å². The van der Waals surface area contributed by atoms with Crippen molar-refractivity contribution in [3.8, 4) is 0 Å². The second-order valence-corrected chi connectivity index (χ2v) is 4.12. The lowest BCUT2D eigenvalue weighted by molar-refractivity contribution is 0.218. The summed E-state index contributed by atoms with van der Waals surface area (Å²) in [6, 6.07) is 0. The van der Waals surface area contributed by atoms with Crippen LogP contribution in [0.25, 0.3) is 0 Å². The molecule has 0 aliphatic rings. The summed E-state index contributed by atoms with van der Waals surface area (Å²) in [6.45, 7) is 3.12. The zero-order valence-electron chi connectivity index (χ0n) is 6.60. The van der Waals surface area contributed by atoms with E-state index in [0.717, 1.165) is 23.6 Å². The van der Waals surface area contributed by atoms with Gasteiger partial charge >= 0.3 is 0 Å². The van der Waals surface area contributed by atoms with E-state index in [0.29, 0.717) is 0 Å². The van der Waals surface area contributed by atoms with Gasteiger partial charge in [0.2, 0.25) is 0 Å². The summed E-state index contributed by atoms with van der Waals surface area (Å²) in [5.74, 6) is 3.13. The molecule has 0 aliphatic carbocycles. The largest absolute Gasteiger partial charge is 0.384 e. The van der Waals surface area contributed by atoms with E-state index >= 15 is 0 Å². The van der Waals surface area contributed by atoms with E-state index < -0.39 is 0 Å². The monoisotopic (exact) mass is 226 g/mol. The van der Waals surface area contributed by atoms with E-state index in [-0.39, 0.29) is 0 Å². The predicted octanol–water partition coefficient (Wildman–Crippen LogP) is 2.40. The van der Waals surface area contributed by atoms with Crippen LogP contribution in [0.1, 0.15) is 6.92 Å². The van der Waals surface area contributed by atoms with Gasteiger partial charge in [-0.15, -0.1) is 0 Å². The van der Waals surface area contributed by atoms with Crippen LogP contribution in [0.3, 0.4) is 0 Å². The number of methoxy groups -OCH3 is 1. The Bertz CT molecular complexity index is 70.6. The van der Waals surface area contributed by atoms with Crippen LogP contribution in [-0.2, 0) is 4.74 Å². The lowest BCUT2D eigenvalue weighted by Crippen LogP contribution is -2.01. The maximum atomic E-state index is 4.92. The SMILES string of the molecule is COCCSCC(C)CBr. The number of hydrogen-bond donors (Lipinski definition) is 0. The molecule has 10 heavy (non-hydrogen) atoms. The molecule has 0 aliphatic heterocycles. The second-order valence-electron chi connectivity index (χ2n) is 2.33. The van der Waals surface area contributed by atoms with Gasteiger partial charge < -0.3 is 4.74 Å². The molecule has 0 amide bonds. The quantitative estimate of drug-likeness (QED) is 0.509. The van der Waals surface area contributed by atoms with E-state index in [1.807, 2.05) is 11.8 Å². The maximum Gasteiger partial charge on any atom is 0.0552 e. The highest BCUT2D eigenvalue weighted by molar-refractivity contribution is 9.09. The Morgan fingerprint density at radius 3 is 2.80 bits per heavy atom. The summed E-state index contributed by atoms with van der Waals surface area (Å²) in [5.41, 5.74) is 0. The molecular weight excluding hydrogens is 212 g/mol. The third kappa shape index (κ3) is 6.90. The molecule has 1 nitrogen and oxygen atoms in total. The van der Waals surface area contributed by atoms with Gasteiger partial charge in [-0.2, -0.15) is 11.8 Å². The van der Waals surface area contributed by atoms with Crippen LogP contribution in [0, 0.1) is 5.92 Å². The first kappa shape index (κ1) is 10.8. The highest BCUT2D eigenvalue weighted by Gasteiger charge is 1.97. The number of alkyl halides is 1. The summed E-state index contributed by atoms with van der Waals surface area (Å²) in [7, 11) is 1.74. The minimum Gasteiger partial charge on any atom is -0.384 e. The number of hydrogen-bond acceptors (Lipinski definition) is 2. The van der Waals surface area contributed by atoms with Crippen LogP contribution in [0.4, 0.5) is 0 Å². The van der Waals surface area contributed by atoms with Crippen LogP contribution in [-0.4, -0.2) is 30.6 Å². The second kappa shape index (κ2) is 7.89. The number of thioether (sulfide) groups is 1. The molecular formula is C7H15BrOS. The Morgan fingerprint density at radius 2 is 2.30 bits per heavy atom. The molecule has 62 valence electrons. The van der Waals surface area contributed by atoms with Crippen LogP contribution >= 0.6 is 27.7 Å². The van der Waals surface area contributed by atoms with Gasteiger partial charge in [0, 0.05) is 18.2 Å². The first-order valence-electron chi connectivity index (χ1n) is 3.44. The third-order valence-corrected chi connectivity index (χ3v) is 3.46. The Morgan fingerprint density at radius 1 is 1.60 bits per heavy atom. The number of rotatable bonds is 6. The summed E-state index contributed by atoms with van der Waals surface area (Å²) >= 11 is 5.39. The fourth-order valence-corrected chi connectivity index (χ4v) is 1.97. The summed E-state index contributed by atoms with van der Waals surface area (Å²) in [5, 5.41) is 1.10. The molecule has 1 atom stereocenters. The molecule has 0 saturated heterocycles. The predicted molar refractivity (Wildman–Crippen MR) is 52.2 cm³/mol. The molecule has 0 saturated carbocycles. The molecule has 0 aromatic carbocycles. The maximum absolute atomic E-state index is 4.92. The van der Waals surface area contributed by atoms with Crippen molar-refractivity contribution >= 4 is 27.7 Å². The summed E-state index contributed by atoms with van der Waals surface area (Å²) in [6.07, 6.45) is 0. The van der Waals surface area contributed by atoms with Crippen LogP contribution < -0.4 is 0 Å². The van der Waals surface area contributed by atoms with Crippen molar-refractivity contribution in [3.63, 3.8) is 0 Å². The molecule has 0 aromatic heterocycles. The minimum atomic E-state index is 0.779. The standard InChI is InChI=1S/C7H15BrOS/c1-7(5-8)6-10-4-3-9-2/h7H,3-6H2,1-2H3. The fraction of sp³-hybridized carbons (Fsp3) is 1.00. The highest BCUT2D eigenvalue weighted by Crippen LogP contribution is 2.09. The van der Waals surface area contributed by atoms with Gasteiger partial charge in [-0.1, -0.05) is 22.9 Å². The minimum absolute atomic E-state index is 0.779. The van der Waals surface area contributed by atoms with Crippen molar-refractivity contribution in [2.24, 2.45) is 5.92 Å². The molecule has 0 aromatic rings. The molecule has 0 N–H and O–H groups in total.